The monoisotopic (exact) mass is 382 g/mol. The van der Waals surface area contributed by atoms with Gasteiger partial charge in [-0.25, -0.2) is 4.79 Å². The van der Waals surface area contributed by atoms with Gasteiger partial charge in [0, 0.05) is 41.4 Å². The second kappa shape index (κ2) is 7.40. The molecule has 2 heterocycles. The summed E-state index contributed by atoms with van der Waals surface area (Å²) in [5.74, 6) is 0.774. The normalized spacial score (nSPS) is 18.4. The van der Waals surface area contributed by atoms with E-state index in [0.717, 1.165) is 22.6 Å². The summed E-state index contributed by atoms with van der Waals surface area (Å²) in [5.41, 5.74) is 3.66. The van der Waals surface area contributed by atoms with Crippen LogP contribution in [0.15, 0.2) is 70.0 Å². The van der Waals surface area contributed by atoms with Crippen LogP contribution in [0.5, 0.6) is 5.75 Å². The van der Waals surface area contributed by atoms with Crippen molar-refractivity contribution in [2.75, 3.05) is 25.5 Å². The molecule has 2 aliphatic heterocycles. The first-order valence-corrected chi connectivity index (χ1v) is 9.10. The molecule has 2 aliphatic rings. The van der Waals surface area contributed by atoms with Crippen LogP contribution in [0, 0.1) is 0 Å². The van der Waals surface area contributed by atoms with Crippen LogP contribution in [0.25, 0.3) is 0 Å². The highest BCUT2D eigenvalue weighted by molar-refractivity contribution is 6.30. The molecule has 0 aromatic heterocycles. The SMILES string of the molecule is COc1ccccc1C1N=NC2=C1CN(C(=O)Nc1cccc(Cl)c1)CC2. The van der Waals surface area contributed by atoms with Crippen LogP contribution in [0.4, 0.5) is 10.5 Å². The Balaban J connectivity index is 1.52. The van der Waals surface area contributed by atoms with E-state index in [4.69, 9.17) is 16.3 Å². The number of amides is 2. The van der Waals surface area contributed by atoms with Gasteiger partial charge in [0.05, 0.1) is 12.8 Å². The van der Waals surface area contributed by atoms with Crippen molar-refractivity contribution in [3.8, 4) is 5.75 Å². The Morgan fingerprint density at radius 3 is 2.93 bits per heavy atom. The van der Waals surface area contributed by atoms with Crippen LogP contribution in [-0.4, -0.2) is 31.1 Å². The number of carbonyl (C=O) groups excluding carboxylic acids is 1. The van der Waals surface area contributed by atoms with Gasteiger partial charge >= 0.3 is 6.03 Å². The van der Waals surface area contributed by atoms with Gasteiger partial charge in [-0.3, -0.25) is 0 Å². The van der Waals surface area contributed by atoms with Crippen molar-refractivity contribution in [3.05, 3.63) is 70.4 Å². The van der Waals surface area contributed by atoms with Gasteiger partial charge in [0.25, 0.3) is 0 Å². The maximum Gasteiger partial charge on any atom is 0.322 e. The van der Waals surface area contributed by atoms with Gasteiger partial charge in [-0.1, -0.05) is 35.9 Å². The third-order valence-electron chi connectivity index (χ3n) is 4.77. The highest BCUT2D eigenvalue weighted by Gasteiger charge is 2.33. The first-order chi connectivity index (χ1) is 13.2. The van der Waals surface area contributed by atoms with Crippen molar-refractivity contribution in [2.45, 2.75) is 12.5 Å². The maximum absolute atomic E-state index is 12.7. The Bertz CT molecular complexity index is 941. The molecule has 4 rings (SSSR count). The second-order valence-corrected chi connectivity index (χ2v) is 6.88. The Morgan fingerprint density at radius 2 is 2.11 bits per heavy atom. The molecule has 0 aliphatic carbocycles. The van der Waals surface area contributed by atoms with Crippen LogP contribution in [0.3, 0.4) is 0 Å². The van der Waals surface area contributed by atoms with E-state index in [0.29, 0.717) is 30.2 Å². The Hall–Kier alpha value is -2.86. The number of halogens is 1. The summed E-state index contributed by atoms with van der Waals surface area (Å²) < 4.78 is 5.47. The fourth-order valence-corrected chi connectivity index (χ4v) is 3.61. The average molecular weight is 383 g/mol. The van der Waals surface area contributed by atoms with Crippen molar-refractivity contribution in [2.24, 2.45) is 10.2 Å². The number of carbonyl (C=O) groups is 1. The Kier molecular flexibility index (Phi) is 4.81. The molecule has 0 radical (unpaired) electrons. The average Bonchev–Trinajstić information content (AvgIpc) is 3.11. The summed E-state index contributed by atoms with van der Waals surface area (Å²) >= 11 is 5.99. The summed E-state index contributed by atoms with van der Waals surface area (Å²) in [5, 5.41) is 12.3. The van der Waals surface area contributed by atoms with Crippen LogP contribution < -0.4 is 10.1 Å². The standard InChI is InChI=1S/C20H19ClN4O2/c1-27-18-8-3-2-7-15(18)19-16-12-25(10-9-17(16)23-24-19)20(26)22-14-6-4-5-13(21)11-14/h2-8,11,19H,9-10,12H2,1H3,(H,22,26). The van der Waals surface area contributed by atoms with Gasteiger partial charge in [-0.05, 0) is 24.3 Å². The first-order valence-electron chi connectivity index (χ1n) is 8.73. The van der Waals surface area contributed by atoms with Gasteiger partial charge in [0.15, 0.2) is 0 Å². The van der Waals surface area contributed by atoms with E-state index in [1.807, 2.05) is 30.3 Å². The van der Waals surface area contributed by atoms with E-state index in [1.54, 1.807) is 30.2 Å². The number of anilines is 1. The molecule has 0 bridgehead atoms. The summed E-state index contributed by atoms with van der Waals surface area (Å²) in [4.78, 5) is 14.5. The second-order valence-electron chi connectivity index (χ2n) is 6.44. The lowest BCUT2D eigenvalue weighted by atomic mass is 9.94. The molecule has 1 unspecified atom stereocenters. The third kappa shape index (κ3) is 3.53. The molecular weight excluding hydrogens is 364 g/mol. The molecule has 7 heteroatoms. The molecule has 0 spiro atoms. The lowest BCUT2D eigenvalue weighted by molar-refractivity contribution is 0.213. The molecule has 2 aromatic rings. The molecule has 0 fully saturated rings. The van der Waals surface area contributed by atoms with Gasteiger partial charge in [-0.15, -0.1) is 0 Å². The Labute approximate surface area is 162 Å². The summed E-state index contributed by atoms with van der Waals surface area (Å²) in [7, 11) is 1.64. The summed E-state index contributed by atoms with van der Waals surface area (Å²) in [6, 6.07) is 14.5. The van der Waals surface area contributed by atoms with Gasteiger partial charge in [0.1, 0.15) is 11.8 Å². The van der Waals surface area contributed by atoms with Crippen molar-refractivity contribution in [1.29, 1.82) is 0 Å². The highest BCUT2D eigenvalue weighted by atomic mass is 35.5. The smallest absolute Gasteiger partial charge is 0.322 e. The highest BCUT2D eigenvalue weighted by Crippen LogP contribution is 2.41. The zero-order valence-corrected chi connectivity index (χ0v) is 15.6. The number of hydrogen-bond donors (Lipinski definition) is 1. The minimum Gasteiger partial charge on any atom is -0.496 e. The minimum atomic E-state index is -0.210. The maximum atomic E-state index is 12.7. The lowest BCUT2D eigenvalue weighted by Crippen LogP contribution is -2.40. The van der Waals surface area contributed by atoms with E-state index in [2.05, 4.69) is 15.5 Å². The molecule has 0 saturated carbocycles. The molecule has 1 atom stereocenters. The molecule has 27 heavy (non-hydrogen) atoms. The molecular formula is C20H19ClN4O2. The number of nitrogens with zero attached hydrogens (tertiary/aromatic N) is 3. The number of azo groups is 1. The zero-order chi connectivity index (χ0) is 18.8. The number of benzene rings is 2. The van der Waals surface area contributed by atoms with Crippen molar-refractivity contribution < 1.29 is 9.53 Å². The number of ether oxygens (including phenoxy) is 1. The van der Waals surface area contributed by atoms with Crippen LogP contribution >= 0.6 is 11.6 Å². The predicted molar refractivity (Wildman–Crippen MR) is 104 cm³/mol. The summed E-state index contributed by atoms with van der Waals surface area (Å²) in [6.07, 6.45) is 0.688. The number of hydrogen-bond acceptors (Lipinski definition) is 4. The Morgan fingerprint density at radius 1 is 1.26 bits per heavy atom. The van der Waals surface area contributed by atoms with E-state index in [9.17, 15) is 4.79 Å². The van der Waals surface area contributed by atoms with Crippen molar-refractivity contribution in [1.82, 2.24) is 4.90 Å². The fourth-order valence-electron chi connectivity index (χ4n) is 3.42. The lowest BCUT2D eigenvalue weighted by Gasteiger charge is -2.29. The van der Waals surface area contributed by atoms with E-state index in [1.165, 1.54) is 0 Å². The number of urea groups is 1. The topological polar surface area (TPSA) is 66.3 Å². The van der Waals surface area contributed by atoms with Crippen molar-refractivity contribution >= 4 is 23.3 Å². The van der Waals surface area contributed by atoms with Gasteiger partial charge < -0.3 is 15.0 Å². The number of nitrogens with one attached hydrogen (secondary N) is 1. The summed E-state index contributed by atoms with van der Waals surface area (Å²) in [6.45, 7) is 1.08. The number of para-hydroxylation sites is 1. The molecule has 138 valence electrons. The fraction of sp³-hybridized carbons (Fsp3) is 0.250. The first kappa shape index (κ1) is 17.5. The van der Waals surface area contributed by atoms with E-state index >= 15 is 0 Å². The third-order valence-corrected chi connectivity index (χ3v) is 5.01. The van der Waals surface area contributed by atoms with E-state index < -0.39 is 0 Å². The molecule has 6 nitrogen and oxygen atoms in total. The quantitative estimate of drug-likeness (QED) is 0.807. The predicted octanol–water partition coefficient (Wildman–Crippen LogP) is 5.05. The molecule has 2 amide bonds. The van der Waals surface area contributed by atoms with Gasteiger partial charge in [0.2, 0.25) is 0 Å². The van der Waals surface area contributed by atoms with E-state index in [-0.39, 0.29) is 12.1 Å². The molecule has 2 aromatic carbocycles. The molecule has 0 saturated heterocycles. The zero-order valence-electron chi connectivity index (χ0n) is 14.9. The number of methoxy groups -OCH3 is 1. The van der Waals surface area contributed by atoms with Crippen LogP contribution in [0.1, 0.15) is 18.0 Å². The van der Waals surface area contributed by atoms with Gasteiger partial charge in [-0.2, -0.15) is 10.2 Å². The molecule has 1 N–H and O–H groups in total. The van der Waals surface area contributed by atoms with Crippen molar-refractivity contribution in [3.63, 3.8) is 0 Å². The minimum absolute atomic E-state index is 0.158. The largest absolute Gasteiger partial charge is 0.496 e. The van der Waals surface area contributed by atoms with Crippen LogP contribution in [-0.2, 0) is 0 Å². The van der Waals surface area contributed by atoms with Crippen LogP contribution in [0.2, 0.25) is 5.02 Å². The number of rotatable bonds is 3.